The van der Waals surface area contributed by atoms with Gasteiger partial charge < -0.3 is 19.1 Å². The second kappa shape index (κ2) is 8.64. The predicted octanol–water partition coefficient (Wildman–Crippen LogP) is 1.64. The Morgan fingerprint density at radius 1 is 1.13 bits per heavy atom. The molecule has 1 amide bonds. The van der Waals surface area contributed by atoms with Crippen LogP contribution in [0.2, 0.25) is 0 Å². The van der Waals surface area contributed by atoms with Crippen molar-refractivity contribution < 1.29 is 17.9 Å². The van der Waals surface area contributed by atoms with Crippen LogP contribution in [0.5, 0.6) is 5.75 Å². The van der Waals surface area contributed by atoms with Crippen molar-refractivity contribution in [3.63, 3.8) is 0 Å². The van der Waals surface area contributed by atoms with Gasteiger partial charge in [0, 0.05) is 45.8 Å². The Morgan fingerprint density at radius 3 is 2.58 bits per heavy atom. The molecule has 8 nitrogen and oxygen atoms in total. The molecule has 0 aliphatic carbocycles. The standard InChI is InChI=1S/C22H30N4O4S/c1-23(2)15-16-26-17-10-13-25(22(27)18-7-6-12-24(18)3)14-11-19(17)30-20-8-4-5-9-21(20)31(26,28)29/h4-9,12,17,19H,10-11,13-16H2,1-3H3/t17-,19-/m0/s1. The van der Waals surface area contributed by atoms with Crippen LogP contribution >= 0.6 is 0 Å². The number of carbonyl (C=O) groups excluding carboxylic acids is 1. The molecule has 3 heterocycles. The molecule has 1 aromatic carbocycles. The molecular formula is C22H30N4O4S. The lowest BCUT2D eigenvalue weighted by Crippen LogP contribution is -2.49. The molecule has 4 rings (SSSR count). The van der Waals surface area contributed by atoms with Gasteiger partial charge in [-0.15, -0.1) is 0 Å². The monoisotopic (exact) mass is 446 g/mol. The molecule has 0 radical (unpaired) electrons. The first-order chi connectivity index (χ1) is 14.8. The normalized spacial score (nSPS) is 23.4. The summed E-state index contributed by atoms with van der Waals surface area (Å²) in [5.74, 6) is 0.360. The van der Waals surface area contributed by atoms with Crippen molar-refractivity contribution in [1.29, 1.82) is 0 Å². The Morgan fingerprint density at radius 2 is 1.87 bits per heavy atom. The Labute approximate surface area is 184 Å². The highest BCUT2D eigenvalue weighted by Gasteiger charge is 2.43. The highest BCUT2D eigenvalue weighted by Crippen LogP contribution is 2.36. The number of rotatable bonds is 4. The molecule has 0 bridgehead atoms. The van der Waals surface area contributed by atoms with Crippen molar-refractivity contribution in [2.75, 3.05) is 40.3 Å². The molecule has 1 fully saturated rings. The van der Waals surface area contributed by atoms with E-state index in [0.717, 1.165) is 0 Å². The predicted molar refractivity (Wildman–Crippen MR) is 118 cm³/mol. The fourth-order valence-electron chi connectivity index (χ4n) is 4.39. The number of likely N-dealkylation sites (N-methyl/N-ethyl adjacent to an activating group) is 1. The molecule has 0 N–H and O–H groups in total. The molecule has 0 spiro atoms. The van der Waals surface area contributed by atoms with Crippen LogP contribution < -0.4 is 4.74 Å². The third-order valence-electron chi connectivity index (χ3n) is 6.11. The number of fused-ring (bicyclic) bond motifs is 2. The zero-order chi connectivity index (χ0) is 22.2. The molecule has 1 aromatic heterocycles. The Bertz CT molecular complexity index is 1050. The molecular weight excluding hydrogens is 416 g/mol. The number of ether oxygens (including phenoxy) is 1. The molecule has 2 aromatic rings. The summed E-state index contributed by atoms with van der Waals surface area (Å²) in [7, 11) is 2.00. The molecule has 1 saturated heterocycles. The van der Waals surface area contributed by atoms with Gasteiger partial charge in [-0.05, 0) is 44.8 Å². The zero-order valence-electron chi connectivity index (χ0n) is 18.3. The van der Waals surface area contributed by atoms with Crippen LogP contribution in [-0.2, 0) is 17.1 Å². The average molecular weight is 447 g/mol. The lowest BCUT2D eigenvalue weighted by molar-refractivity contribution is 0.0745. The second-order valence-corrected chi connectivity index (χ2v) is 10.3. The van der Waals surface area contributed by atoms with Crippen LogP contribution in [0.15, 0.2) is 47.5 Å². The van der Waals surface area contributed by atoms with Crippen LogP contribution in [0.3, 0.4) is 0 Å². The number of nitrogens with zero attached hydrogens (tertiary/aromatic N) is 4. The van der Waals surface area contributed by atoms with E-state index in [9.17, 15) is 13.2 Å². The lowest BCUT2D eigenvalue weighted by atomic mass is 10.1. The highest BCUT2D eigenvalue weighted by molar-refractivity contribution is 7.89. The van der Waals surface area contributed by atoms with Crippen molar-refractivity contribution in [3.05, 3.63) is 48.3 Å². The van der Waals surface area contributed by atoms with Gasteiger partial charge in [-0.2, -0.15) is 4.31 Å². The van der Waals surface area contributed by atoms with E-state index in [-0.39, 0.29) is 22.9 Å². The summed E-state index contributed by atoms with van der Waals surface area (Å²) in [5.41, 5.74) is 0.630. The Kier molecular flexibility index (Phi) is 6.09. The van der Waals surface area contributed by atoms with Crippen LogP contribution in [0, 0.1) is 0 Å². The second-order valence-electron chi connectivity index (χ2n) is 8.46. The average Bonchev–Trinajstić information content (AvgIpc) is 3.01. The third kappa shape index (κ3) is 4.22. The number of hydrogen-bond donors (Lipinski definition) is 0. The molecule has 31 heavy (non-hydrogen) atoms. The maximum absolute atomic E-state index is 13.6. The summed E-state index contributed by atoms with van der Waals surface area (Å²) in [4.78, 5) is 17.1. The molecule has 9 heteroatoms. The van der Waals surface area contributed by atoms with Gasteiger partial charge >= 0.3 is 0 Å². The van der Waals surface area contributed by atoms with Crippen LogP contribution in [0.25, 0.3) is 0 Å². The Hall–Kier alpha value is -2.36. The number of carbonyl (C=O) groups is 1. The van der Waals surface area contributed by atoms with E-state index < -0.39 is 10.0 Å². The van der Waals surface area contributed by atoms with Crippen molar-refractivity contribution in [1.82, 2.24) is 18.7 Å². The molecule has 0 saturated carbocycles. The largest absolute Gasteiger partial charge is 0.487 e. The minimum atomic E-state index is -3.72. The number of para-hydroxylation sites is 1. The van der Waals surface area contributed by atoms with Crippen molar-refractivity contribution in [3.8, 4) is 5.75 Å². The van der Waals surface area contributed by atoms with Gasteiger partial charge in [0.05, 0.1) is 6.04 Å². The first-order valence-corrected chi connectivity index (χ1v) is 12.1. The van der Waals surface area contributed by atoms with Gasteiger partial charge in [-0.1, -0.05) is 12.1 Å². The van der Waals surface area contributed by atoms with Crippen LogP contribution in [0.1, 0.15) is 23.3 Å². The first-order valence-electron chi connectivity index (χ1n) is 10.6. The minimum absolute atomic E-state index is 0.0351. The number of aryl methyl sites for hydroxylation is 1. The third-order valence-corrected chi connectivity index (χ3v) is 8.07. The topological polar surface area (TPSA) is 75.1 Å². The van der Waals surface area contributed by atoms with E-state index in [1.54, 1.807) is 28.6 Å². The smallest absolute Gasteiger partial charge is 0.270 e. The number of sulfonamides is 1. The first kappa shape index (κ1) is 21.9. The number of benzene rings is 1. The van der Waals surface area contributed by atoms with Gasteiger partial charge in [-0.25, -0.2) is 8.42 Å². The molecule has 2 atom stereocenters. The van der Waals surface area contributed by atoms with Crippen LogP contribution in [-0.4, -0.2) is 85.4 Å². The molecule has 2 aliphatic heterocycles. The summed E-state index contributed by atoms with van der Waals surface area (Å²) >= 11 is 0. The quantitative estimate of drug-likeness (QED) is 0.714. The number of amides is 1. The van der Waals surface area contributed by atoms with Gasteiger partial charge in [0.15, 0.2) is 0 Å². The van der Waals surface area contributed by atoms with Gasteiger partial charge in [0.25, 0.3) is 5.91 Å². The zero-order valence-corrected chi connectivity index (χ0v) is 19.1. The molecule has 2 aliphatic rings. The highest BCUT2D eigenvalue weighted by atomic mass is 32.2. The van der Waals surface area contributed by atoms with E-state index in [2.05, 4.69) is 0 Å². The molecule has 168 valence electrons. The van der Waals surface area contributed by atoms with E-state index in [4.69, 9.17) is 4.74 Å². The van der Waals surface area contributed by atoms with E-state index in [1.807, 2.05) is 53.8 Å². The number of aromatic nitrogens is 1. The summed E-state index contributed by atoms with van der Waals surface area (Å²) in [6.07, 6.45) is 2.64. The minimum Gasteiger partial charge on any atom is -0.487 e. The van der Waals surface area contributed by atoms with Crippen molar-refractivity contribution >= 4 is 15.9 Å². The van der Waals surface area contributed by atoms with Gasteiger partial charge in [0.1, 0.15) is 22.4 Å². The fraction of sp³-hybridized carbons (Fsp3) is 0.500. The van der Waals surface area contributed by atoms with Crippen molar-refractivity contribution in [2.45, 2.75) is 29.9 Å². The fourth-order valence-corrected chi connectivity index (χ4v) is 6.18. The van der Waals surface area contributed by atoms with Gasteiger partial charge in [-0.3, -0.25) is 4.79 Å². The summed E-state index contributed by atoms with van der Waals surface area (Å²) < 4.78 is 36.9. The van der Waals surface area contributed by atoms with E-state index >= 15 is 0 Å². The summed E-state index contributed by atoms with van der Waals surface area (Å²) in [6, 6.07) is 10.2. The van der Waals surface area contributed by atoms with E-state index in [0.29, 0.717) is 50.5 Å². The summed E-state index contributed by atoms with van der Waals surface area (Å²) in [5, 5.41) is 0. The maximum atomic E-state index is 13.6. The lowest BCUT2D eigenvalue weighted by Gasteiger charge is -2.32. The van der Waals surface area contributed by atoms with Crippen molar-refractivity contribution in [2.24, 2.45) is 7.05 Å². The van der Waals surface area contributed by atoms with Gasteiger partial charge in [0.2, 0.25) is 10.0 Å². The Balaban J connectivity index is 1.66. The SMILES string of the molecule is CN(C)CCN1[C@H]2CCN(C(=O)c3cccn3C)CC[C@@H]2Oc2ccccc2S1(=O)=O. The maximum Gasteiger partial charge on any atom is 0.270 e. The molecule has 0 unspecified atom stereocenters. The number of likely N-dealkylation sites (tertiary alicyclic amines) is 1. The summed E-state index contributed by atoms with van der Waals surface area (Å²) in [6.45, 7) is 1.99. The van der Waals surface area contributed by atoms with E-state index in [1.165, 1.54) is 0 Å². The van der Waals surface area contributed by atoms with Crippen LogP contribution in [0.4, 0.5) is 0 Å². The number of hydrogen-bond acceptors (Lipinski definition) is 5.